The standard InChI is InChI=1S/C15H25NOS/c1-6-16-13(7-8-18-5)15-12(3)9-11(2)10-14(15)17-4/h9-10,13,16H,6-8H2,1-5H3. The van der Waals surface area contributed by atoms with Crippen molar-refractivity contribution < 1.29 is 4.74 Å². The number of thioether (sulfide) groups is 1. The topological polar surface area (TPSA) is 21.3 Å². The molecule has 102 valence electrons. The molecule has 1 unspecified atom stereocenters. The van der Waals surface area contributed by atoms with Crippen LogP contribution >= 0.6 is 11.8 Å². The molecule has 1 aromatic carbocycles. The molecule has 0 aromatic heterocycles. The minimum atomic E-state index is 0.387. The molecule has 0 aliphatic heterocycles. The average Bonchev–Trinajstić information content (AvgIpc) is 2.34. The highest BCUT2D eigenvalue weighted by molar-refractivity contribution is 7.98. The summed E-state index contributed by atoms with van der Waals surface area (Å²) in [4.78, 5) is 0. The van der Waals surface area contributed by atoms with E-state index in [2.05, 4.69) is 44.5 Å². The lowest BCUT2D eigenvalue weighted by molar-refractivity contribution is 0.397. The van der Waals surface area contributed by atoms with Crippen molar-refractivity contribution in [1.29, 1.82) is 0 Å². The molecule has 0 bridgehead atoms. The van der Waals surface area contributed by atoms with Gasteiger partial charge in [0.1, 0.15) is 5.75 Å². The summed E-state index contributed by atoms with van der Waals surface area (Å²) < 4.78 is 5.57. The van der Waals surface area contributed by atoms with Gasteiger partial charge in [0.2, 0.25) is 0 Å². The second kappa shape index (κ2) is 7.70. The second-order valence-electron chi connectivity index (χ2n) is 4.59. The molecule has 1 aromatic rings. The van der Waals surface area contributed by atoms with Crippen LogP contribution in [-0.2, 0) is 0 Å². The lowest BCUT2D eigenvalue weighted by Crippen LogP contribution is -2.23. The molecule has 0 radical (unpaired) electrons. The molecular weight excluding hydrogens is 242 g/mol. The molecular formula is C15H25NOS. The highest BCUT2D eigenvalue weighted by atomic mass is 32.2. The van der Waals surface area contributed by atoms with E-state index in [1.54, 1.807) is 7.11 Å². The highest BCUT2D eigenvalue weighted by Gasteiger charge is 2.17. The third-order valence-electron chi connectivity index (χ3n) is 3.12. The largest absolute Gasteiger partial charge is 0.496 e. The van der Waals surface area contributed by atoms with Crippen molar-refractivity contribution in [2.45, 2.75) is 33.2 Å². The summed E-state index contributed by atoms with van der Waals surface area (Å²) in [6.45, 7) is 7.43. The van der Waals surface area contributed by atoms with E-state index in [4.69, 9.17) is 4.74 Å². The van der Waals surface area contributed by atoms with Crippen LogP contribution < -0.4 is 10.1 Å². The fourth-order valence-corrected chi connectivity index (χ4v) is 2.86. The zero-order valence-corrected chi connectivity index (χ0v) is 13.0. The summed E-state index contributed by atoms with van der Waals surface area (Å²) in [7, 11) is 1.76. The molecule has 0 fully saturated rings. The summed E-state index contributed by atoms with van der Waals surface area (Å²) in [6.07, 6.45) is 3.29. The SMILES string of the molecule is CCNC(CCSC)c1c(C)cc(C)cc1OC. The molecule has 0 heterocycles. The van der Waals surface area contributed by atoms with Crippen LogP contribution in [0.3, 0.4) is 0 Å². The molecule has 3 heteroatoms. The van der Waals surface area contributed by atoms with Crippen LogP contribution in [0.4, 0.5) is 0 Å². The molecule has 0 aliphatic rings. The normalized spacial score (nSPS) is 12.5. The Morgan fingerprint density at radius 1 is 1.33 bits per heavy atom. The second-order valence-corrected chi connectivity index (χ2v) is 5.58. The number of hydrogen-bond acceptors (Lipinski definition) is 3. The number of nitrogens with one attached hydrogen (secondary N) is 1. The lowest BCUT2D eigenvalue weighted by Gasteiger charge is -2.23. The summed E-state index contributed by atoms with van der Waals surface area (Å²) in [5.41, 5.74) is 3.89. The van der Waals surface area contributed by atoms with Crippen molar-refractivity contribution in [2.24, 2.45) is 0 Å². The first-order chi connectivity index (χ1) is 8.63. The quantitative estimate of drug-likeness (QED) is 0.813. The van der Waals surface area contributed by atoms with Gasteiger partial charge in [0.25, 0.3) is 0 Å². The first-order valence-electron chi connectivity index (χ1n) is 6.51. The van der Waals surface area contributed by atoms with Crippen molar-refractivity contribution in [1.82, 2.24) is 5.32 Å². The van der Waals surface area contributed by atoms with Gasteiger partial charge in [-0.25, -0.2) is 0 Å². The van der Waals surface area contributed by atoms with Crippen LogP contribution in [0, 0.1) is 13.8 Å². The molecule has 1 atom stereocenters. The number of methoxy groups -OCH3 is 1. The summed E-state index contributed by atoms with van der Waals surface area (Å²) in [5.74, 6) is 2.17. The van der Waals surface area contributed by atoms with Gasteiger partial charge in [0.05, 0.1) is 7.11 Å². The monoisotopic (exact) mass is 267 g/mol. The van der Waals surface area contributed by atoms with Crippen LogP contribution in [-0.4, -0.2) is 25.7 Å². The summed E-state index contributed by atoms with van der Waals surface area (Å²) >= 11 is 1.89. The van der Waals surface area contributed by atoms with Gasteiger partial charge in [-0.3, -0.25) is 0 Å². The van der Waals surface area contributed by atoms with E-state index in [-0.39, 0.29) is 0 Å². The van der Waals surface area contributed by atoms with E-state index >= 15 is 0 Å². The summed E-state index contributed by atoms with van der Waals surface area (Å²) in [6, 6.07) is 4.76. The van der Waals surface area contributed by atoms with Gasteiger partial charge in [-0.1, -0.05) is 13.0 Å². The maximum atomic E-state index is 5.57. The molecule has 1 rings (SSSR count). The minimum Gasteiger partial charge on any atom is -0.496 e. The Morgan fingerprint density at radius 3 is 2.61 bits per heavy atom. The molecule has 0 saturated carbocycles. The zero-order chi connectivity index (χ0) is 13.5. The number of aryl methyl sites for hydroxylation is 2. The maximum absolute atomic E-state index is 5.57. The van der Waals surface area contributed by atoms with Gasteiger partial charge in [-0.15, -0.1) is 0 Å². The van der Waals surface area contributed by atoms with E-state index in [1.165, 1.54) is 16.7 Å². The smallest absolute Gasteiger partial charge is 0.124 e. The predicted molar refractivity (Wildman–Crippen MR) is 81.9 cm³/mol. The fourth-order valence-electron chi connectivity index (χ4n) is 2.39. The molecule has 0 amide bonds. The molecule has 0 aliphatic carbocycles. The number of ether oxygens (including phenoxy) is 1. The van der Waals surface area contributed by atoms with Crippen molar-refractivity contribution >= 4 is 11.8 Å². The minimum absolute atomic E-state index is 0.387. The first-order valence-corrected chi connectivity index (χ1v) is 7.90. The van der Waals surface area contributed by atoms with Crippen molar-refractivity contribution in [3.63, 3.8) is 0 Å². The molecule has 18 heavy (non-hydrogen) atoms. The van der Waals surface area contributed by atoms with Gasteiger partial charge >= 0.3 is 0 Å². The predicted octanol–water partition coefficient (Wildman–Crippen LogP) is 3.72. The maximum Gasteiger partial charge on any atom is 0.124 e. The molecule has 0 spiro atoms. The van der Waals surface area contributed by atoms with Crippen molar-refractivity contribution in [3.05, 3.63) is 28.8 Å². The Kier molecular flexibility index (Phi) is 6.58. The Hall–Kier alpha value is -0.670. The number of hydrogen-bond donors (Lipinski definition) is 1. The Morgan fingerprint density at radius 2 is 2.06 bits per heavy atom. The summed E-state index contributed by atoms with van der Waals surface area (Å²) in [5, 5.41) is 3.58. The molecule has 0 saturated heterocycles. The Bertz CT molecular complexity index is 379. The van der Waals surface area contributed by atoms with Crippen molar-refractivity contribution in [2.75, 3.05) is 25.7 Å². The molecule has 2 nitrogen and oxygen atoms in total. The van der Waals surface area contributed by atoms with Gasteiger partial charge in [-0.2, -0.15) is 11.8 Å². The van der Waals surface area contributed by atoms with Gasteiger partial charge in [-0.05, 0) is 56.0 Å². The van der Waals surface area contributed by atoms with Crippen LogP contribution in [0.25, 0.3) is 0 Å². The average molecular weight is 267 g/mol. The fraction of sp³-hybridized carbons (Fsp3) is 0.600. The highest BCUT2D eigenvalue weighted by Crippen LogP contribution is 2.32. The Labute approximate surface area is 116 Å². The van der Waals surface area contributed by atoms with E-state index in [9.17, 15) is 0 Å². The van der Waals surface area contributed by atoms with Crippen molar-refractivity contribution in [3.8, 4) is 5.75 Å². The van der Waals surface area contributed by atoms with Gasteiger partial charge in [0.15, 0.2) is 0 Å². The number of benzene rings is 1. The van der Waals surface area contributed by atoms with Gasteiger partial charge < -0.3 is 10.1 Å². The van der Waals surface area contributed by atoms with Gasteiger partial charge in [0, 0.05) is 11.6 Å². The van der Waals surface area contributed by atoms with E-state index in [1.807, 2.05) is 11.8 Å². The van der Waals surface area contributed by atoms with E-state index < -0.39 is 0 Å². The third-order valence-corrected chi connectivity index (χ3v) is 3.77. The van der Waals surface area contributed by atoms with Crippen LogP contribution in [0.2, 0.25) is 0 Å². The van der Waals surface area contributed by atoms with Crippen LogP contribution in [0.1, 0.15) is 36.1 Å². The third kappa shape index (κ3) is 3.92. The zero-order valence-electron chi connectivity index (χ0n) is 12.2. The van der Waals surface area contributed by atoms with E-state index in [0.29, 0.717) is 6.04 Å². The van der Waals surface area contributed by atoms with Crippen LogP contribution in [0.5, 0.6) is 5.75 Å². The lowest BCUT2D eigenvalue weighted by atomic mass is 9.96. The Balaban J connectivity index is 3.08. The van der Waals surface area contributed by atoms with Crippen LogP contribution in [0.15, 0.2) is 12.1 Å². The first kappa shape index (κ1) is 15.4. The van der Waals surface area contributed by atoms with E-state index in [0.717, 1.165) is 24.5 Å². The molecule has 1 N–H and O–H groups in total. The number of rotatable bonds is 7.